The van der Waals surface area contributed by atoms with Crippen LogP contribution < -0.4 is 9.80 Å². The molecule has 2 atom stereocenters. The summed E-state index contributed by atoms with van der Waals surface area (Å²) in [7, 11) is 0. The van der Waals surface area contributed by atoms with Gasteiger partial charge in [0.15, 0.2) is 6.67 Å². The predicted molar refractivity (Wildman–Crippen MR) is 98.7 cm³/mol. The molecule has 2 saturated heterocycles. The van der Waals surface area contributed by atoms with Gasteiger partial charge in [-0.15, -0.1) is 0 Å². The Labute approximate surface area is 159 Å². The van der Waals surface area contributed by atoms with Gasteiger partial charge in [0.2, 0.25) is 11.8 Å². The summed E-state index contributed by atoms with van der Waals surface area (Å²) in [6, 6.07) is 8.08. The maximum Gasteiger partial charge on any atom is 0.237 e. The van der Waals surface area contributed by atoms with Crippen molar-refractivity contribution in [1.82, 2.24) is 4.90 Å². The second-order valence-corrected chi connectivity index (χ2v) is 8.50. The van der Waals surface area contributed by atoms with Crippen LogP contribution in [0.4, 0.5) is 0 Å². The van der Waals surface area contributed by atoms with Crippen molar-refractivity contribution < 1.29 is 19.4 Å². The maximum atomic E-state index is 12.6. The minimum absolute atomic E-state index is 0.0209. The molecule has 0 spiro atoms. The Morgan fingerprint density at radius 3 is 2.00 bits per heavy atom. The fraction of sp³-hybridized carbons (Fsp3) is 0.600. The summed E-state index contributed by atoms with van der Waals surface area (Å²) in [5.74, 6) is 0.159. The zero-order chi connectivity index (χ0) is 18.1. The van der Waals surface area contributed by atoms with Crippen molar-refractivity contribution in [2.45, 2.75) is 32.2 Å². The molecule has 5 nitrogen and oxygen atoms in total. The summed E-state index contributed by atoms with van der Waals surface area (Å²) in [6.07, 6.45) is 3.99. The van der Waals surface area contributed by atoms with Crippen LogP contribution in [0.15, 0.2) is 24.3 Å². The third-order valence-electron chi connectivity index (χ3n) is 6.35. The van der Waals surface area contributed by atoms with Crippen LogP contribution in [0, 0.1) is 11.8 Å². The molecule has 1 aromatic carbocycles. The Morgan fingerprint density at radius 1 is 0.885 bits per heavy atom. The minimum Gasteiger partial charge on any atom is -0.322 e. The molecule has 3 fully saturated rings. The smallest absolute Gasteiger partial charge is 0.237 e. The first kappa shape index (κ1) is 18.0. The molecule has 0 unspecified atom stereocenters. The number of hydrogen-bond acceptors (Lipinski definition) is 2. The fourth-order valence-corrected chi connectivity index (χ4v) is 4.92. The van der Waals surface area contributed by atoms with Crippen LogP contribution in [0.1, 0.15) is 31.2 Å². The van der Waals surface area contributed by atoms with Crippen molar-refractivity contribution in [2.75, 3.05) is 32.8 Å². The number of benzene rings is 1. The van der Waals surface area contributed by atoms with E-state index in [0.29, 0.717) is 6.67 Å². The molecule has 2 amide bonds. The molecular formula is C20H28ClN3O2+2. The van der Waals surface area contributed by atoms with E-state index in [1.807, 2.05) is 12.1 Å². The molecule has 2 N–H and O–H groups in total. The Morgan fingerprint density at radius 2 is 1.42 bits per heavy atom. The molecule has 0 bridgehead atoms. The molecule has 3 aliphatic rings. The molecule has 1 aliphatic carbocycles. The van der Waals surface area contributed by atoms with Gasteiger partial charge in [0.25, 0.3) is 0 Å². The van der Waals surface area contributed by atoms with Gasteiger partial charge in [-0.2, -0.15) is 0 Å². The van der Waals surface area contributed by atoms with Gasteiger partial charge in [-0.05, 0) is 25.0 Å². The summed E-state index contributed by atoms with van der Waals surface area (Å²) in [5.41, 5.74) is 1.31. The molecule has 1 saturated carbocycles. The van der Waals surface area contributed by atoms with Crippen LogP contribution in [0.25, 0.3) is 0 Å². The van der Waals surface area contributed by atoms with Crippen molar-refractivity contribution in [2.24, 2.45) is 11.8 Å². The summed E-state index contributed by atoms with van der Waals surface area (Å²) in [5, 5.41) is 0.776. The monoisotopic (exact) mass is 377 g/mol. The average molecular weight is 378 g/mol. The molecule has 1 aromatic rings. The number of halogens is 1. The molecule has 6 heteroatoms. The molecule has 2 aliphatic heterocycles. The van der Waals surface area contributed by atoms with Crippen LogP contribution >= 0.6 is 11.6 Å². The molecule has 140 valence electrons. The largest absolute Gasteiger partial charge is 0.322 e. The number of rotatable bonds is 4. The van der Waals surface area contributed by atoms with Crippen molar-refractivity contribution in [3.05, 3.63) is 34.9 Å². The molecular weight excluding hydrogens is 350 g/mol. The van der Waals surface area contributed by atoms with Gasteiger partial charge in [-0.25, -0.2) is 4.90 Å². The van der Waals surface area contributed by atoms with Gasteiger partial charge in [0, 0.05) is 10.6 Å². The van der Waals surface area contributed by atoms with E-state index in [2.05, 4.69) is 12.1 Å². The second-order valence-electron chi connectivity index (χ2n) is 8.06. The number of hydrogen-bond donors (Lipinski definition) is 2. The number of nitrogens with one attached hydrogen (secondary N) is 2. The van der Waals surface area contributed by atoms with Gasteiger partial charge in [0.05, 0.1) is 11.8 Å². The van der Waals surface area contributed by atoms with E-state index in [-0.39, 0.29) is 23.7 Å². The number of nitrogens with zero attached hydrogens (tertiary/aromatic N) is 1. The van der Waals surface area contributed by atoms with E-state index in [4.69, 9.17) is 11.6 Å². The lowest BCUT2D eigenvalue weighted by Gasteiger charge is -2.31. The maximum absolute atomic E-state index is 12.6. The average Bonchev–Trinajstić information content (AvgIpc) is 2.90. The van der Waals surface area contributed by atoms with Crippen molar-refractivity contribution in [1.29, 1.82) is 0 Å². The first-order chi connectivity index (χ1) is 12.6. The SMILES string of the molecule is O=C1[C@@H]2CCCC[C@H]2C(=O)N1C[NH+]1CC[NH+](Cc2ccc(Cl)cc2)CC1. The molecule has 0 radical (unpaired) electrons. The van der Waals surface area contributed by atoms with Gasteiger partial charge in [-0.3, -0.25) is 9.59 Å². The third-order valence-corrected chi connectivity index (χ3v) is 6.60. The highest BCUT2D eigenvalue weighted by molar-refractivity contribution is 6.30. The molecule has 0 aromatic heterocycles. The topological polar surface area (TPSA) is 46.3 Å². The van der Waals surface area contributed by atoms with E-state index >= 15 is 0 Å². The Hall–Kier alpha value is -1.43. The quantitative estimate of drug-likeness (QED) is 0.711. The van der Waals surface area contributed by atoms with Crippen LogP contribution in [-0.2, 0) is 16.1 Å². The van der Waals surface area contributed by atoms with E-state index < -0.39 is 0 Å². The number of amides is 2. The minimum atomic E-state index is -0.0209. The van der Waals surface area contributed by atoms with Crippen molar-refractivity contribution in [3.8, 4) is 0 Å². The third kappa shape index (κ3) is 3.66. The van der Waals surface area contributed by atoms with Gasteiger partial charge < -0.3 is 9.80 Å². The summed E-state index contributed by atoms with van der Waals surface area (Å²) in [6.45, 7) is 5.74. The van der Waals surface area contributed by atoms with Crippen LogP contribution in [-0.4, -0.2) is 49.6 Å². The second kappa shape index (κ2) is 7.67. The van der Waals surface area contributed by atoms with Crippen LogP contribution in [0.5, 0.6) is 0 Å². The molecule has 4 rings (SSSR count). The Kier molecular flexibility index (Phi) is 5.30. The molecule has 2 heterocycles. The first-order valence-corrected chi connectivity index (χ1v) is 10.3. The lowest BCUT2D eigenvalue weighted by Crippen LogP contribution is -3.28. The van der Waals surface area contributed by atoms with Gasteiger partial charge >= 0.3 is 0 Å². The lowest BCUT2D eigenvalue weighted by molar-refractivity contribution is -1.02. The highest BCUT2D eigenvalue weighted by Gasteiger charge is 2.49. The summed E-state index contributed by atoms with van der Waals surface area (Å²) >= 11 is 5.95. The number of piperazine rings is 1. The van der Waals surface area contributed by atoms with Crippen molar-refractivity contribution >= 4 is 23.4 Å². The van der Waals surface area contributed by atoms with E-state index in [0.717, 1.165) is 63.4 Å². The summed E-state index contributed by atoms with van der Waals surface area (Å²) in [4.78, 5) is 29.8. The van der Waals surface area contributed by atoms with Crippen LogP contribution in [0.3, 0.4) is 0 Å². The van der Waals surface area contributed by atoms with Gasteiger partial charge in [0.1, 0.15) is 32.7 Å². The zero-order valence-electron chi connectivity index (χ0n) is 15.2. The number of imide groups is 1. The normalized spacial score (nSPS) is 32.0. The Bertz CT molecular complexity index is 646. The highest BCUT2D eigenvalue weighted by atomic mass is 35.5. The number of quaternary nitrogens is 2. The highest BCUT2D eigenvalue weighted by Crippen LogP contribution is 2.37. The Balaban J connectivity index is 1.29. The van der Waals surface area contributed by atoms with E-state index in [1.165, 1.54) is 10.5 Å². The summed E-state index contributed by atoms with van der Waals surface area (Å²) < 4.78 is 0. The van der Waals surface area contributed by atoms with E-state index in [1.54, 1.807) is 9.80 Å². The number of carbonyl (C=O) groups is 2. The van der Waals surface area contributed by atoms with E-state index in [9.17, 15) is 9.59 Å². The molecule has 26 heavy (non-hydrogen) atoms. The first-order valence-electron chi connectivity index (χ1n) is 9.88. The number of likely N-dealkylation sites (tertiary alicyclic amines) is 1. The predicted octanol–water partition coefficient (Wildman–Crippen LogP) is -0.244. The fourth-order valence-electron chi connectivity index (χ4n) is 4.79. The van der Waals surface area contributed by atoms with Crippen molar-refractivity contribution in [3.63, 3.8) is 0 Å². The van der Waals surface area contributed by atoms with Crippen LogP contribution in [0.2, 0.25) is 5.02 Å². The number of carbonyl (C=O) groups excluding carboxylic acids is 2. The standard InChI is InChI=1S/C20H26ClN3O2/c21-16-7-5-15(6-8-16)13-22-9-11-23(12-10-22)14-24-19(25)17-3-1-2-4-18(17)20(24)26/h5-8,17-18H,1-4,9-14H2/p+2/t17-,18-/m1/s1. The number of fused-ring (bicyclic) bond motifs is 1. The zero-order valence-corrected chi connectivity index (χ0v) is 15.9. The lowest BCUT2D eigenvalue weighted by atomic mass is 9.81. The van der Waals surface area contributed by atoms with Gasteiger partial charge in [-0.1, -0.05) is 36.6 Å².